The Morgan fingerprint density at radius 2 is 1.77 bits per heavy atom. The molecule has 2 aromatic carbocycles. The van der Waals surface area contributed by atoms with Gasteiger partial charge < -0.3 is 14.7 Å². The summed E-state index contributed by atoms with van der Waals surface area (Å²) >= 11 is 3.09. The molecule has 1 saturated carbocycles. The zero-order chi connectivity index (χ0) is 31.6. The third-order valence-corrected chi connectivity index (χ3v) is 10.5. The molecule has 12 heteroatoms. The monoisotopic (exact) mass is 647 g/mol. The van der Waals surface area contributed by atoms with Crippen molar-refractivity contribution in [1.29, 1.82) is 0 Å². The van der Waals surface area contributed by atoms with E-state index >= 15 is 0 Å². The maximum atomic E-state index is 13.1. The van der Waals surface area contributed by atoms with Gasteiger partial charge in [-0.15, -0.1) is 23.1 Å². The van der Waals surface area contributed by atoms with Gasteiger partial charge in [-0.05, 0) is 69.0 Å². The lowest BCUT2D eigenvalue weighted by molar-refractivity contribution is -0.154. The van der Waals surface area contributed by atoms with E-state index in [2.05, 4.69) is 4.90 Å². The first-order valence-corrected chi connectivity index (χ1v) is 16.5. The number of rotatable bonds is 11. The molecule has 44 heavy (non-hydrogen) atoms. The second-order valence-corrected chi connectivity index (χ2v) is 13.7. The fourth-order valence-corrected chi connectivity index (χ4v) is 7.13. The molecule has 236 valence electrons. The van der Waals surface area contributed by atoms with Crippen LogP contribution in [0.15, 0.2) is 47.4 Å². The van der Waals surface area contributed by atoms with Crippen LogP contribution in [-0.2, 0) is 28.1 Å². The van der Waals surface area contributed by atoms with Crippen LogP contribution in [0.2, 0.25) is 0 Å². The number of carbonyl (C=O) groups excluding carboxylic acids is 1. The topological polar surface area (TPSA) is 83.0 Å². The second kappa shape index (κ2) is 13.1. The van der Waals surface area contributed by atoms with Crippen LogP contribution in [0.4, 0.5) is 13.2 Å². The fourth-order valence-electron chi connectivity index (χ4n) is 4.96. The summed E-state index contributed by atoms with van der Waals surface area (Å²) in [4.78, 5) is 35.3. The van der Waals surface area contributed by atoms with E-state index in [0.29, 0.717) is 48.1 Å². The highest BCUT2D eigenvalue weighted by atomic mass is 32.2. The van der Waals surface area contributed by atoms with E-state index in [1.807, 2.05) is 24.0 Å². The van der Waals surface area contributed by atoms with Crippen molar-refractivity contribution >= 4 is 35.0 Å². The summed E-state index contributed by atoms with van der Waals surface area (Å²) in [5, 5.41) is 10.2. The Kier molecular flexibility index (Phi) is 9.62. The third-order valence-electron chi connectivity index (χ3n) is 8.20. The summed E-state index contributed by atoms with van der Waals surface area (Å²) in [6.45, 7) is 8.65. The average molecular weight is 648 g/mol. The van der Waals surface area contributed by atoms with E-state index < -0.39 is 23.3 Å². The number of benzene rings is 2. The minimum absolute atomic E-state index is 0.201. The Labute approximate surface area is 263 Å². The van der Waals surface area contributed by atoms with Crippen LogP contribution in [0, 0.1) is 12.8 Å². The van der Waals surface area contributed by atoms with Crippen molar-refractivity contribution in [3.63, 3.8) is 0 Å². The smallest absolute Gasteiger partial charge is 0.416 e. The van der Waals surface area contributed by atoms with Gasteiger partial charge in [-0.3, -0.25) is 9.69 Å². The van der Waals surface area contributed by atoms with Gasteiger partial charge in [-0.25, -0.2) is 9.78 Å². The van der Waals surface area contributed by atoms with Gasteiger partial charge >= 0.3 is 12.1 Å². The Balaban J connectivity index is 1.32. The molecule has 2 fully saturated rings. The number of aliphatic carboxylic acids is 1. The van der Waals surface area contributed by atoms with E-state index in [4.69, 9.17) is 9.72 Å². The number of carboxylic acids is 1. The number of thioether (sulfide) groups is 1. The third kappa shape index (κ3) is 7.58. The molecule has 1 saturated heterocycles. The van der Waals surface area contributed by atoms with E-state index in [1.54, 1.807) is 31.7 Å². The highest BCUT2D eigenvalue weighted by Crippen LogP contribution is 2.37. The molecular formula is C32H36F3N3O4S2. The first-order valence-electron chi connectivity index (χ1n) is 14.7. The molecule has 1 N–H and O–H groups in total. The van der Waals surface area contributed by atoms with Gasteiger partial charge in [-0.2, -0.15) is 13.2 Å². The number of hydrogen-bond acceptors (Lipinski definition) is 7. The first kappa shape index (κ1) is 32.3. The van der Waals surface area contributed by atoms with Crippen molar-refractivity contribution in [2.75, 3.05) is 26.2 Å². The number of carboxylic acid groups (broad SMARTS) is 1. The zero-order valence-electron chi connectivity index (χ0n) is 24.9. The number of halogens is 3. The first-order chi connectivity index (χ1) is 20.9. The summed E-state index contributed by atoms with van der Waals surface area (Å²) in [5.74, 6) is 0.565. The number of thiazole rings is 1. The Morgan fingerprint density at radius 3 is 2.34 bits per heavy atom. The summed E-state index contributed by atoms with van der Waals surface area (Å²) in [5.41, 5.74) is 0.330. The highest BCUT2D eigenvalue weighted by Gasteiger charge is 2.35. The lowest BCUT2D eigenvalue weighted by Crippen LogP contribution is -2.48. The average Bonchev–Trinajstić information content (AvgIpc) is 3.77. The molecular weight excluding hydrogens is 611 g/mol. The molecule has 1 atom stereocenters. The van der Waals surface area contributed by atoms with Gasteiger partial charge in [0.15, 0.2) is 0 Å². The van der Waals surface area contributed by atoms with Crippen LogP contribution in [0.25, 0.3) is 10.6 Å². The quantitative estimate of drug-likeness (QED) is 0.222. The van der Waals surface area contributed by atoms with Crippen molar-refractivity contribution in [2.45, 2.75) is 69.0 Å². The number of piperazine rings is 1. The van der Waals surface area contributed by atoms with Gasteiger partial charge in [0.1, 0.15) is 10.8 Å². The zero-order valence-corrected chi connectivity index (χ0v) is 26.6. The summed E-state index contributed by atoms with van der Waals surface area (Å²) in [6, 6.07) is 10.8. The van der Waals surface area contributed by atoms with Crippen LogP contribution in [0.1, 0.15) is 54.8 Å². The van der Waals surface area contributed by atoms with Crippen LogP contribution in [0.3, 0.4) is 0 Å². The van der Waals surface area contributed by atoms with Gasteiger partial charge in [-0.1, -0.05) is 19.1 Å². The maximum Gasteiger partial charge on any atom is 0.416 e. The van der Waals surface area contributed by atoms with Crippen molar-refractivity contribution in [3.8, 4) is 16.3 Å². The van der Waals surface area contributed by atoms with E-state index in [0.717, 1.165) is 59.1 Å². The molecule has 0 bridgehead atoms. The Morgan fingerprint density at radius 1 is 1.09 bits per heavy atom. The summed E-state index contributed by atoms with van der Waals surface area (Å²) in [6.07, 6.45) is -2.11. The second-order valence-electron chi connectivity index (χ2n) is 11.5. The predicted molar refractivity (Wildman–Crippen MR) is 165 cm³/mol. The normalized spacial score (nSPS) is 17.4. The lowest BCUT2D eigenvalue weighted by atomic mass is 10.0. The highest BCUT2D eigenvalue weighted by molar-refractivity contribution is 7.98. The Bertz CT molecular complexity index is 1500. The largest absolute Gasteiger partial charge is 0.478 e. The van der Waals surface area contributed by atoms with Gasteiger partial charge in [0.25, 0.3) is 0 Å². The number of aryl methyl sites for hydroxylation is 1. The minimum Gasteiger partial charge on any atom is -0.478 e. The summed E-state index contributed by atoms with van der Waals surface area (Å²) < 4.78 is 45.3. The van der Waals surface area contributed by atoms with Crippen LogP contribution in [0.5, 0.6) is 5.75 Å². The lowest BCUT2D eigenvalue weighted by Gasteiger charge is -2.34. The number of nitrogens with zero attached hydrogens (tertiary/aromatic N) is 3. The molecule has 7 nitrogen and oxygen atoms in total. The van der Waals surface area contributed by atoms with Gasteiger partial charge in [0.2, 0.25) is 11.5 Å². The predicted octanol–water partition coefficient (Wildman–Crippen LogP) is 7.12. The number of ether oxygens (including phenoxy) is 1. The van der Waals surface area contributed by atoms with Gasteiger partial charge in [0, 0.05) is 59.7 Å². The van der Waals surface area contributed by atoms with Crippen molar-refractivity contribution in [3.05, 3.63) is 64.2 Å². The molecule has 1 amide bonds. The van der Waals surface area contributed by atoms with Gasteiger partial charge in [0.05, 0.1) is 11.3 Å². The number of carbonyl (C=O) groups is 2. The van der Waals surface area contributed by atoms with Crippen LogP contribution < -0.4 is 4.74 Å². The molecule has 1 aromatic heterocycles. The molecule has 0 spiro atoms. The molecule has 2 aliphatic rings. The summed E-state index contributed by atoms with van der Waals surface area (Å²) in [7, 11) is 0. The maximum absolute atomic E-state index is 13.1. The molecule has 1 unspecified atom stereocenters. The molecule has 1 aliphatic heterocycles. The number of amides is 1. The standard InChI is InChI=1S/C32H36F3N3O4S2/c1-4-31(3,30(40)41)42-26-12-11-24(17-20(26)2)43-19-27-25(18-37-13-15-38(16-14-37)29(39)22-5-6-22)36-28(44-27)21-7-9-23(10-8-21)32(33,34)35/h7-12,17,22H,4-6,13-16,18-19H2,1-3H3,(H,40,41). The van der Waals surface area contributed by atoms with E-state index in [9.17, 15) is 27.9 Å². The van der Waals surface area contributed by atoms with E-state index in [1.165, 1.54) is 23.5 Å². The molecule has 1 aliphatic carbocycles. The van der Waals surface area contributed by atoms with Crippen molar-refractivity contribution < 1.29 is 32.6 Å². The number of alkyl halides is 3. The minimum atomic E-state index is -4.40. The molecule has 0 radical (unpaired) electrons. The van der Waals surface area contributed by atoms with E-state index in [-0.39, 0.29) is 11.8 Å². The van der Waals surface area contributed by atoms with Crippen LogP contribution >= 0.6 is 23.1 Å². The molecule has 2 heterocycles. The van der Waals surface area contributed by atoms with Crippen molar-refractivity contribution in [1.82, 2.24) is 14.8 Å². The Hall–Kier alpha value is -3.09. The fraction of sp³-hybridized carbons (Fsp3) is 0.469. The van der Waals surface area contributed by atoms with Crippen LogP contribution in [-0.4, -0.2) is 63.5 Å². The SMILES string of the molecule is CCC(C)(Oc1ccc(SCc2sc(-c3ccc(C(F)(F)F)cc3)nc2CN2CCN(C(=O)C3CC3)CC2)cc1C)C(=O)O. The van der Waals surface area contributed by atoms with Crippen molar-refractivity contribution in [2.24, 2.45) is 5.92 Å². The number of aromatic nitrogens is 1. The molecule has 3 aromatic rings. The molecule has 5 rings (SSSR count). The number of hydrogen-bond donors (Lipinski definition) is 1.